The average molecular weight is 228 g/mol. The van der Waals surface area contributed by atoms with E-state index < -0.39 is 0 Å². The molecule has 2 rings (SSSR count). The van der Waals surface area contributed by atoms with Gasteiger partial charge in [-0.15, -0.1) is 4.79 Å². The molecule has 0 aliphatic rings. The molecular formula is C11H12N6. The van der Waals surface area contributed by atoms with Gasteiger partial charge in [-0.05, 0) is 22.1 Å². The monoisotopic (exact) mass is 228 g/mol. The summed E-state index contributed by atoms with van der Waals surface area (Å²) in [6.07, 6.45) is 3.74. The Balaban J connectivity index is 1.99. The second-order valence-corrected chi connectivity index (χ2v) is 3.33. The molecule has 0 unspecified atom stereocenters. The lowest BCUT2D eigenvalue weighted by Gasteiger charge is -2.04. The van der Waals surface area contributed by atoms with Crippen LogP contribution in [-0.2, 0) is 0 Å². The first-order chi connectivity index (χ1) is 8.25. The molecule has 0 saturated carbocycles. The maximum atomic E-state index is 5.50. The molecule has 0 amide bonds. The van der Waals surface area contributed by atoms with Gasteiger partial charge in [-0.2, -0.15) is 0 Å². The van der Waals surface area contributed by atoms with E-state index in [0.717, 1.165) is 5.56 Å². The minimum absolute atomic E-state index is 0.180. The van der Waals surface area contributed by atoms with E-state index in [0.29, 0.717) is 5.70 Å². The van der Waals surface area contributed by atoms with Gasteiger partial charge in [-0.3, -0.25) is 5.43 Å². The van der Waals surface area contributed by atoms with Gasteiger partial charge >= 0.3 is 0 Å². The summed E-state index contributed by atoms with van der Waals surface area (Å²) in [5.74, 6) is 0.180. The fourth-order valence-electron chi connectivity index (χ4n) is 1.21. The number of rotatable bonds is 4. The molecule has 0 radical (unpaired) electrons. The number of nitrogens with two attached hydrogens (primary N) is 1. The van der Waals surface area contributed by atoms with Crippen LogP contribution in [0.2, 0.25) is 0 Å². The molecule has 6 nitrogen and oxygen atoms in total. The Hall–Kier alpha value is -2.63. The third kappa shape index (κ3) is 2.91. The summed E-state index contributed by atoms with van der Waals surface area (Å²) in [5.41, 5.74) is 10.0. The largest absolute Gasteiger partial charge is 0.365 e. The zero-order chi connectivity index (χ0) is 12.1. The van der Waals surface area contributed by atoms with Crippen molar-refractivity contribution in [2.75, 3.05) is 11.2 Å². The molecule has 0 saturated heterocycles. The number of hydrogen-bond donors (Lipinski definition) is 2. The third-order valence-electron chi connectivity index (χ3n) is 2.02. The SMILES string of the molecule is C=C(C=Cc1ccccc1)Nn1nnnc1N. The van der Waals surface area contributed by atoms with Gasteiger partial charge in [0, 0.05) is 5.70 Å². The minimum atomic E-state index is 0.180. The zero-order valence-corrected chi connectivity index (χ0v) is 9.11. The van der Waals surface area contributed by atoms with Crippen molar-refractivity contribution < 1.29 is 0 Å². The summed E-state index contributed by atoms with van der Waals surface area (Å²) in [5, 5.41) is 10.6. The molecule has 17 heavy (non-hydrogen) atoms. The second kappa shape index (κ2) is 4.93. The highest BCUT2D eigenvalue weighted by atomic mass is 15.7. The van der Waals surface area contributed by atoms with E-state index in [1.54, 1.807) is 0 Å². The van der Waals surface area contributed by atoms with Crippen LogP contribution < -0.4 is 11.2 Å². The van der Waals surface area contributed by atoms with Crippen molar-refractivity contribution >= 4 is 12.0 Å². The molecule has 0 aliphatic heterocycles. The maximum absolute atomic E-state index is 5.50. The van der Waals surface area contributed by atoms with Crippen molar-refractivity contribution in [3.8, 4) is 0 Å². The van der Waals surface area contributed by atoms with Gasteiger partial charge < -0.3 is 5.73 Å². The Kier molecular flexibility index (Phi) is 3.15. The van der Waals surface area contributed by atoms with Crippen LogP contribution in [0.5, 0.6) is 0 Å². The Morgan fingerprint density at radius 3 is 2.76 bits per heavy atom. The van der Waals surface area contributed by atoms with Crippen LogP contribution >= 0.6 is 0 Å². The van der Waals surface area contributed by atoms with Crippen molar-refractivity contribution in [3.05, 3.63) is 54.2 Å². The molecule has 1 aromatic carbocycles. The van der Waals surface area contributed by atoms with Crippen LogP contribution in [0.25, 0.3) is 6.08 Å². The van der Waals surface area contributed by atoms with Crippen molar-refractivity contribution in [2.24, 2.45) is 0 Å². The van der Waals surface area contributed by atoms with Crippen molar-refractivity contribution in [1.29, 1.82) is 0 Å². The molecule has 6 heteroatoms. The Bertz CT molecular complexity index is 528. The Labute approximate surface area is 98.4 Å². The van der Waals surface area contributed by atoms with Crippen LogP contribution in [0.15, 0.2) is 48.7 Å². The van der Waals surface area contributed by atoms with E-state index in [1.807, 2.05) is 42.5 Å². The van der Waals surface area contributed by atoms with Crippen LogP contribution in [0.3, 0.4) is 0 Å². The highest BCUT2D eigenvalue weighted by Gasteiger charge is 1.98. The fourth-order valence-corrected chi connectivity index (χ4v) is 1.21. The first-order valence-electron chi connectivity index (χ1n) is 4.98. The molecule has 0 spiro atoms. The Morgan fingerprint density at radius 2 is 2.12 bits per heavy atom. The smallest absolute Gasteiger partial charge is 0.260 e. The standard InChI is InChI=1S/C11H12N6/c1-9(14-17-11(12)13-15-16-17)7-8-10-5-3-2-4-6-10/h2-8,14H,1H2,(H2,12,13,16). The van der Waals surface area contributed by atoms with Gasteiger partial charge in [-0.25, -0.2) is 0 Å². The zero-order valence-electron chi connectivity index (χ0n) is 9.11. The summed E-state index contributed by atoms with van der Waals surface area (Å²) in [4.78, 5) is 1.25. The number of aromatic nitrogens is 4. The van der Waals surface area contributed by atoms with Gasteiger partial charge in [0.15, 0.2) is 0 Å². The van der Waals surface area contributed by atoms with E-state index in [9.17, 15) is 0 Å². The third-order valence-corrected chi connectivity index (χ3v) is 2.02. The van der Waals surface area contributed by atoms with Crippen molar-refractivity contribution in [1.82, 2.24) is 20.3 Å². The Morgan fingerprint density at radius 1 is 1.35 bits per heavy atom. The van der Waals surface area contributed by atoms with E-state index in [-0.39, 0.29) is 5.95 Å². The lowest BCUT2D eigenvalue weighted by atomic mass is 10.2. The molecule has 0 aliphatic carbocycles. The predicted molar refractivity (Wildman–Crippen MR) is 66.2 cm³/mol. The van der Waals surface area contributed by atoms with E-state index in [4.69, 9.17) is 5.73 Å². The molecule has 1 heterocycles. The topological polar surface area (TPSA) is 81.7 Å². The van der Waals surface area contributed by atoms with E-state index in [2.05, 4.69) is 27.5 Å². The predicted octanol–water partition coefficient (Wildman–Crippen LogP) is 1.03. The number of allylic oxidation sites excluding steroid dienone is 1. The number of nitrogen functional groups attached to an aromatic ring is 1. The fraction of sp³-hybridized carbons (Fsp3) is 0. The highest BCUT2D eigenvalue weighted by Crippen LogP contribution is 2.03. The number of benzene rings is 1. The molecule has 2 aromatic rings. The summed E-state index contributed by atoms with van der Waals surface area (Å²) in [6, 6.07) is 9.89. The van der Waals surface area contributed by atoms with Gasteiger partial charge in [-0.1, -0.05) is 48.1 Å². The summed E-state index contributed by atoms with van der Waals surface area (Å²) in [7, 11) is 0. The first-order valence-corrected chi connectivity index (χ1v) is 4.98. The van der Waals surface area contributed by atoms with E-state index in [1.165, 1.54) is 4.79 Å². The van der Waals surface area contributed by atoms with Gasteiger partial charge in [0.2, 0.25) is 0 Å². The number of nitrogens with zero attached hydrogens (tertiary/aromatic N) is 4. The number of anilines is 1. The molecule has 1 aromatic heterocycles. The van der Waals surface area contributed by atoms with Crippen LogP contribution in [0.1, 0.15) is 5.56 Å². The van der Waals surface area contributed by atoms with E-state index >= 15 is 0 Å². The highest BCUT2D eigenvalue weighted by molar-refractivity contribution is 5.52. The van der Waals surface area contributed by atoms with Crippen LogP contribution in [0.4, 0.5) is 5.95 Å². The van der Waals surface area contributed by atoms with Crippen molar-refractivity contribution in [2.45, 2.75) is 0 Å². The average Bonchev–Trinajstić information content (AvgIpc) is 2.74. The molecular weight excluding hydrogens is 216 g/mol. The van der Waals surface area contributed by atoms with Crippen molar-refractivity contribution in [3.63, 3.8) is 0 Å². The minimum Gasteiger partial charge on any atom is -0.365 e. The molecule has 0 bridgehead atoms. The normalized spacial score (nSPS) is 10.6. The number of hydrogen-bond acceptors (Lipinski definition) is 5. The summed E-state index contributed by atoms with van der Waals surface area (Å²) in [6.45, 7) is 3.82. The molecule has 86 valence electrons. The van der Waals surface area contributed by atoms with Gasteiger partial charge in [0.05, 0.1) is 0 Å². The first kappa shape index (κ1) is 10.9. The van der Waals surface area contributed by atoms with Gasteiger partial charge in [0.1, 0.15) is 0 Å². The lowest BCUT2D eigenvalue weighted by molar-refractivity contribution is 0.733. The maximum Gasteiger partial charge on any atom is 0.260 e. The second-order valence-electron chi connectivity index (χ2n) is 3.33. The van der Waals surface area contributed by atoms with Gasteiger partial charge in [0.25, 0.3) is 5.95 Å². The number of tetrazole rings is 1. The molecule has 3 N–H and O–H groups in total. The van der Waals surface area contributed by atoms with Crippen LogP contribution in [0, 0.1) is 0 Å². The number of nitrogens with one attached hydrogen (secondary N) is 1. The molecule has 0 fully saturated rings. The quantitative estimate of drug-likeness (QED) is 0.764. The summed E-state index contributed by atoms with van der Waals surface area (Å²) >= 11 is 0. The lowest BCUT2D eigenvalue weighted by Crippen LogP contribution is -2.16. The molecule has 0 atom stereocenters. The summed E-state index contributed by atoms with van der Waals surface area (Å²) < 4.78 is 0. The van der Waals surface area contributed by atoms with Crippen LogP contribution in [-0.4, -0.2) is 20.3 Å².